The Kier molecular flexibility index (Phi) is 6.33. The monoisotopic (exact) mass is 414 g/mol. The lowest BCUT2D eigenvalue weighted by atomic mass is 10.2. The molecule has 0 bridgehead atoms. The molecule has 7 nitrogen and oxygen atoms in total. The molecule has 0 saturated carbocycles. The van der Waals surface area contributed by atoms with Crippen molar-refractivity contribution in [2.24, 2.45) is 4.99 Å². The van der Waals surface area contributed by atoms with Crippen molar-refractivity contribution < 1.29 is 23.8 Å². The minimum absolute atomic E-state index is 0.0455. The second-order valence-electron chi connectivity index (χ2n) is 6.49. The molecular formula is C21H22N2O5S. The van der Waals surface area contributed by atoms with E-state index in [9.17, 15) is 9.59 Å². The van der Waals surface area contributed by atoms with Gasteiger partial charge in [0.1, 0.15) is 18.0 Å². The molecule has 152 valence electrons. The third-order valence-electron chi connectivity index (χ3n) is 4.08. The lowest BCUT2D eigenvalue weighted by molar-refractivity contribution is -0.141. The molecule has 29 heavy (non-hydrogen) atoms. The van der Waals surface area contributed by atoms with Crippen LogP contribution in [0.25, 0.3) is 10.2 Å². The van der Waals surface area contributed by atoms with Gasteiger partial charge in [0, 0.05) is 5.56 Å². The summed E-state index contributed by atoms with van der Waals surface area (Å²) in [5, 5.41) is 0. The fraction of sp³-hybridized carbons (Fsp3) is 0.286. The Morgan fingerprint density at radius 2 is 1.76 bits per heavy atom. The Balaban J connectivity index is 2.02. The fourth-order valence-electron chi connectivity index (χ4n) is 2.71. The average Bonchev–Trinajstić information content (AvgIpc) is 3.03. The zero-order chi connectivity index (χ0) is 21.0. The Hall–Kier alpha value is -3.13. The van der Waals surface area contributed by atoms with Gasteiger partial charge in [0.15, 0.2) is 4.80 Å². The highest BCUT2D eigenvalue weighted by molar-refractivity contribution is 7.16. The zero-order valence-electron chi connectivity index (χ0n) is 16.7. The SMILES string of the molecule is COC(=O)Cn1c(=NC(=O)c2ccc(OC(C)C)cc2)sc2cc(OC)ccc21. The number of thiazole rings is 1. The van der Waals surface area contributed by atoms with Crippen molar-refractivity contribution in [3.05, 3.63) is 52.8 Å². The van der Waals surface area contributed by atoms with Crippen LogP contribution in [0.15, 0.2) is 47.5 Å². The van der Waals surface area contributed by atoms with E-state index in [0.717, 1.165) is 10.2 Å². The number of carbonyl (C=O) groups is 2. The minimum Gasteiger partial charge on any atom is -0.497 e. The summed E-state index contributed by atoms with van der Waals surface area (Å²) in [7, 11) is 2.90. The van der Waals surface area contributed by atoms with E-state index < -0.39 is 11.9 Å². The van der Waals surface area contributed by atoms with Crippen LogP contribution in [0.4, 0.5) is 0 Å². The van der Waals surface area contributed by atoms with Crippen LogP contribution >= 0.6 is 11.3 Å². The molecule has 0 atom stereocenters. The molecule has 0 aliphatic heterocycles. The molecule has 0 fully saturated rings. The third-order valence-corrected chi connectivity index (χ3v) is 5.12. The molecule has 0 aliphatic carbocycles. The van der Waals surface area contributed by atoms with Gasteiger partial charge in [-0.1, -0.05) is 11.3 Å². The predicted octanol–water partition coefficient (Wildman–Crippen LogP) is 3.41. The van der Waals surface area contributed by atoms with Crippen molar-refractivity contribution in [3.63, 3.8) is 0 Å². The number of rotatable bonds is 6. The number of hydrogen-bond acceptors (Lipinski definition) is 6. The summed E-state index contributed by atoms with van der Waals surface area (Å²) < 4.78 is 18.2. The Morgan fingerprint density at radius 1 is 1.07 bits per heavy atom. The van der Waals surface area contributed by atoms with Gasteiger partial charge in [-0.05, 0) is 56.3 Å². The molecule has 0 saturated heterocycles. The van der Waals surface area contributed by atoms with Crippen LogP contribution in [0.1, 0.15) is 24.2 Å². The van der Waals surface area contributed by atoms with Gasteiger partial charge in [-0.2, -0.15) is 4.99 Å². The second kappa shape index (κ2) is 8.91. The molecule has 0 spiro atoms. The van der Waals surface area contributed by atoms with Gasteiger partial charge < -0.3 is 18.8 Å². The van der Waals surface area contributed by atoms with Crippen molar-refractivity contribution in [1.29, 1.82) is 0 Å². The topological polar surface area (TPSA) is 79.1 Å². The van der Waals surface area contributed by atoms with Gasteiger partial charge in [0.2, 0.25) is 0 Å². The van der Waals surface area contributed by atoms with Gasteiger partial charge in [0.05, 0.1) is 30.5 Å². The standard InChI is InChI=1S/C21H22N2O5S/c1-13(2)28-15-7-5-14(6-8-15)20(25)22-21-23(12-19(24)27-4)17-10-9-16(26-3)11-18(17)29-21/h5-11,13H,12H2,1-4H3. The van der Waals surface area contributed by atoms with E-state index in [-0.39, 0.29) is 12.6 Å². The molecular weight excluding hydrogens is 392 g/mol. The van der Waals surface area contributed by atoms with E-state index in [1.165, 1.54) is 18.4 Å². The molecule has 1 heterocycles. The number of carbonyl (C=O) groups excluding carboxylic acids is 2. The number of methoxy groups -OCH3 is 2. The number of aromatic nitrogens is 1. The van der Waals surface area contributed by atoms with E-state index in [1.807, 2.05) is 26.0 Å². The van der Waals surface area contributed by atoms with Crippen molar-refractivity contribution in [2.45, 2.75) is 26.5 Å². The van der Waals surface area contributed by atoms with Crippen LogP contribution in [0.5, 0.6) is 11.5 Å². The normalized spacial score (nSPS) is 11.7. The number of ether oxygens (including phenoxy) is 3. The molecule has 2 aromatic carbocycles. The maximum atomic E-state index is 12.7. The van der Waals surface area contributed by atoms with Crippen LogP contribution in [0, 0.1) is 0 Å². The second-order valence-corrected chi connectivity index (χ2v) is 7.50. The van der Waals surface area contributed by atoms with E-state index in [0.29, 0.717) is 21.9 Å². The number of fused-ring (bicyclic) bond motifs is 1. The summed E-state index contributed by atoms with van der Waals surface area (Å²) in [6.45, 7) is 3.83. The van der Waals surface area contributed by atoms with E-state index in [2.05, 4.69) is 4.99 Å². The van der Waals surface area contributed by atoms with Crippen molar-refractivity contribution in [1.82, 2.24) is 4.57 Å². The van der Waals surface area contributed by atoms with Crippen LogP contribution in [0.3, 0.4) is 0 Å². The first-order chi connectivity index (χ1) is 13.9. The Labute approximate surface area is 172 Å². The highest BCUT2D eigenvalue weighted by Gasteiger charge is 2.13. The molecule has 1 amide bonds. The lowest BCUT2D eigenvalue weighted by Gasteiger charge is -2.09. The summed E-state index contributed by atoms with van der Waals surface area (Å²) in [5.74, 6) is 0.539. The maximum Gasteiger partial charge on any atom is 0.325 e. The lowest BCUT2D eigenvalue weighted by Crippen LogP contribution is -2.22. The molecule has 1 aromatic heterocycles. The number of amides is 1. The van der Waals surface area contributed by atoms with Crippen molar-refractivity contribution in [3.8, 4) is 11.5 Å². The molecule has 3 rings (SSSR count). The van der Waals surface area contributed by atoms with Crippen LogP contribution in [-0.4, -0.2) is 36.8 Å². The van der Waals surface area contributed by atoms with Crippen LogP contribution in [-0.2, 0) is 16.1 Å². The third kappa shape index (κ3) is 4.83. The highest BCUT2D eigenvalue weighted by atomic mass is 32.1. The number of benzene rings is 2. The number of esters is 1. The van der Waals surface area contributed by atoms with E-state index in [1.54, 1.807) is 42.0 Å². The average molecular weight is 414 g/mol. The van der Waals surface area contributed by atoms with E-state index >= 15 is 0 Å². The Morgan fingerprint density at radius 3 is 2.38 bits per heavy atom. The summed E-state index contributed by atoms with van der Waals surface area (Å²) >= 11 is 1.30. The number of hydrogen-bond donors (Lipinski definition) is 0. The summed E-state index contributed by atoms with van der Waals surface area (Å²) in [4.78, 5) is 29.2. The van der Waals surface area contributed by atoms with Gasteiger partial charge >= 0.3 is 5.97 Å². The van der Waals surface area contributed by atoms with E-state index in [4.69, 9.17) is 14.2 Å². The maximum absolute atomic E-state index is 12.7. The van der Waals surface area contributed by atoms with Crippen LogP contribution < -0.4 is 14.3 Å². The molecule has 0 aliphatic rings. The van der Waals surface area contributed by atoms with Gasteiger partial charge in [0.25, 0.3) is 5.91 Å². The predicted molar refractivity (Wildman–Crippen MR) is 110 cm³/mol. The first-order valence-corrected chi connectivity index (χ1v) is 9.83. The quantitative estimate of drug-likeness (QED) is 0.578. The number of nitrogens with zero attached hydrogens (tertiary/aromatic N) is 2. The smallest absolute Gasteiger partial charge is 0.325 e. The van der Waals surface area contributed by atoms with Crippen molar-refractivity contribution >= 4 is 33.4 Å². The van der Waals surface area contributed by atoms with Crippen molar-refractivity contribution in [2.75, 3.05) is 14.2 Å². The largest absolute Gasteiger partial charge is 0.497 e. The first-order valence-electron chi connectivity index (χ1n) is 9.01. The van der Waals surface area contributed by atoms with Crippen LogP contribution in [0.2, 0.25) is 0 Å². The van der Waals surface area contributed by atoms with Gasteiger partial charge in [-0.15, -0.1) is 0 Å². The van der Waals surface area contributed by atoms with Gasteiger partial charge in [-0.25, -0.2) is 0 Å². The summed E-state index contributed by atoms with van der Waals surface area (Å²) in [6.07, 6.45) is 0.0501. The Bertz CT molecular complexity index is 1100. The molecule has 3 aromatic rings. The zero-order valence-corrected chi connectivity index (χ0v) is 17.5. The summed E-state index contributed by atoms with van der Waals surface area (Å²) in [6, 6.07) is 12.3. The molecule has 8 heteroatoms. The first kappa shape index (κ1) is 20.6. The fourth-order valence-corrected chi connectivity index (χ4v) is 3.77. The minimum atomic E-state index is -0.426. The molecule has 0 N–H and O–H groups in total. The molecule has 0 unspecified atom stereocenters. The summed E-state index contributed by atoms with van der Waals surface area (Å²) in [5.41, 5.74) is 1.20. The van der Waals surface area contributed by atoms with Gasteiger partial charge in [-0.3, -0.25) is 9.59 Å². The highest BCUT2D eigenvalue weighted by Crippen LogP contribution is 2.23. The molecule has 0 radical (unpaired) electrons.